The minimum atomic E-state index is 0.0429. The Bertz CT molecular complexity index is 667. The minimum absolute atomic E-state index is 0.0429. The van der Waals surface area contributed by atoms with Crippen LogP contribution in [0.3, 0.4) is 0 Å². The highest BCUT2D eigenvalue weighted by Crippen LogP contribution is 2.32. The number of hydrogen-bond acceptors (Lipinski definition) is 2. The Hall–Kier alpha value is -2.13. The van der Waals surface area contributed by atoms with E-state index in [2.05, 4.69) is 4.98 Å². The number of halogens is 1. The minimum Gasteiger partial charge on any atom is -0.332 e. The molecule has 0 bridgehead atoms. The van der Waals surface area contributed by atoms with E-state index in [9.17, 15) is 4.79 Å². The highest BCUT2D eigenvalue weighted by Gasteiger charge is 2.28. The van der Waals surface area contributed by atoms with Crippen molar-refractivity contribution in [1.29, 1.82) is 0 Å². The summed E-state index contributed by atoms with van der Waals surface area (Å²) in [5.41, 5.74) is 2.07. The van der Waals surface area contributed by atoms with E-state index in [1.165, 1.54) is 0 Å². The molecule has 2 heterocycles. The summed E-state index contributed by atoms with van der Waals surface area (Å²) in [5, 5.41) is 0.719. The number of benzene rings is 1. The fourth-order valence-electron chi connectivity index (χ4n) is 2.80. The summed E-state index contributed by atoms with van der Waals surface area (Å²) in [5.74, 6) is 0.0429. The number of pyridine rings is 1. The maximum atomic E-state index is 12.5. The summed E-state index contributed by atoms with van der Waals surface area (Å²) >= 11 is 5.94. The number of rotatable bonds is 3. The van der Waals surface area contributed by atoms with Crippen LogP contribution in [0.25, 0.3) is 6.08 Å². The Labute approximate surface area is 135 Å². The van der Waals surface area contributed by atoms with Crippen LogP contribution < -0.4 is 0 Å². The Balaban J connectivity index is 1.74. The molecule has 1 atom stereocenters. The Kier molecular flexibility index (Phi) is 4.54. The van der Waals surface area contributed by atoms with E-state index in [1.807, 2.05) is 47.4 Å². The van der Waals surface area contributed by atoms with Gasteiger partial charge in [-0.2, -0.15) is 0 Å². The van der Waals surface area contributed by atoms with Crippen LogP contribution in [0.2, 0.25) is 5.02 Å². The fourth-order valence-corrected chi connectivity index (χ4v) is 2.93. The summed E-state index contributed by atoms with van der Waals surface area (Å²) in [7, 11) is 0. The van der Waals surface area contributed by atoms with Gasteiger partial charge in [0.15, 0.2) is 0 Å². The molecule has 1 aromatic heterocycles. The predicted molar refractivity (Wildman–Crippen MR) is 88.4 cm³/mol. The quantitative estimate of drug-likeness (QED) is 0.799. The normalized spacial score (nSPS) is 18.0. The fraction of sp³-hybridized carbons (Fsp3) is 0.222. The van der Waals surface area contributed by atoms with Crippen molar-refractivity contribution in [2.75, 3.05) is 6.54 Å². The van der Waals surface area contributed by atoms with Crippen molar-refractivity contribution in [3.63, 3.8) is 0 Å². The summed E-state index contributed by atoms with van der Waals surface area (Å²) < 4.78 is 0. The monoisotopic (exact) mass is 312 g/mol. The maximum absolute atomic E-state index is 12.5. The zero-order valence-electron chi connectivity index (χ0n) is 12.2. The van der Waals surface area contributed by atoms with E-state index in [-0.39, 0.29) is 11.9 Å². The number of amides is 1. The van der Waals surface area contributed by atoms with Gasteiger partial charge in [0.1, 0.15) is 0 Å². The molecular formula is C18H17ClN2O. The molecule has 0 N–H and O–H groups in total. The lowest BCUT2D eigenvalue weighted by atomic mass is 10.0. The second kappa shape index (κ2) is 6.75. The first kappa shape index (κ1) is 14.8. The maximum Gasteiger partial charge on any atom is 0.247 e. The molecular weight excluding hydrogens is 296 g/mol. The highest BCUT2D eigenvalue weighted by atomic mass is 35.5. The molecule has 1 amide bonds. The van der Waals surface area contributed by atoms with Gasteiger partial charge in [-0.15, -0.1) is 0 Å². The zero-order valence-corrected chi connectivity index (χ0v) is 12.9. The van der Waals surface area contributed by atoms with Crippen molar-refractivity contribution in [3.05, 3.63) is 71.0 Å². The van der Waals surface area contributed by atoms with E-state index in [0.29, 0.717) is 0 Å². The molecule has 1 saturated heterocycles. The van der Waals surface area contributed by atoms with Gasteiger partial charge in [0.2, 0.25) is 5.91 Å². The number of likely N-dealkylation sites (tertiary alicyclic amines) is 1. The van der Waals surface area contributed by atoms with Crippen molar-refractivity contribution < 1.29 is 4.79 Å². The third-order valence-corrected chi connectivity index (χ3v) is 4.15. The van der Waals surface area contributed by atoms with Crippen molar-refractivity contribution in [2.45, 2.75) is 18.9 Å². The molecule has 3 nitrogen and oxygen atoms in total. The topological polar surface area (TPSA) is 33.2 Å². The first-order valence-corrected chi connectivity index (χ1v) is 7.76. The van der Waals surface area contributed by atoms with Crippen molar-refractivity contribution in [3.8, 4) is 0 Å². The molecule has 1 aliphatic rings. The van der Waals surface area contributed by atoms with Crippen molar-refractivity contribution in [1.82, 2.24) is 9.88 Å². The Morgan fingerprint density at radius 2 is 2.09 bits per heavy atom. The second-order valence-electron chi connectivity index (χ2n) is 5.36. The number of hydrogen-bond donors (Lipinski definition) is 0. The van der Waals surface area contributed by atoms with E-state index in [1.54, 1.807) is 18.5 Å². The third-order valence-electron chi connectivity index (χ3n) is 3.89. The molecule has 0 radical (unpaired) electrons. The average Bonchev–Trinajstić information content (AvgIpc) is 3.04. The van der Waals surface area contributed by atoms with Crippen LogP contribution in [0.15, 0.2) is 54.9 Å². The van der Waals surface area contributed by atoms with Crippen LogP contribution in [0.1, 0.15) is 30.0 Å². The van der Waals surface area contributed by atoms with Crippen LogP contribution >= 0.6 is 11.6 Å². The van der Waals surface area contributed by atoms with Crippen LogP contribution in [-0.2, 0) is 4.79 Å². The SMILES string of the molecule is O=C(/C=C/c1cccnc1)N1CCCC1c1ccc(Cl)cc1. The van der Waals surface area contributed by atoms with E-state index in [4.69, 9.17) is 11.6 Å². The summed E-state index contributed by atoms with van der Waals surface area (Å²) in [4.78, 5) is 18.4. The molecule has 1 aromatic carbocycles. The van der Waals surface area contributed by atoms with Crippen LogP contribution in [0, 0.1) is 0 Å². The van der Waals surface area contributed by atoms with Gasteiger partial charge < -0.3 is 4.90 Å². The second-order valence-corrected chi connectivity index (χ2v) is 5.80. The molecule has 0 aliphatic carbocycles. The smallest absolute Gasteiger partial charge is 0.247 e. The Morgan fingerprint density at radius 1 is 1.27 bits per heavy atom. The molecule has 3 rings (SSSR count). The first-order chi connectivity index (χ1) is 10.7. The van der Waals surface area contributed by atoms with Gasteiger partial charge in [-0.1, -0.05) is 29.8 Å². The largest absolute Gasteiger partial charge is 0.332 e. The zero-order chi connectivity index (χ0) is 15.4. The summed E-state index contributed by atoms with van der Waals surface area (Å²) in [6, 6.07) is 11.7. The lowest BCUT2D eigenvalue weighted by Crippen LogP contribution is -2.28. The molecule has 2 aromatic rings. The highest BCUT2D eigenvalue weighted by molar-refractivity contribution is 6.30. The molecule has 0 spiro atoms. The van der Waals surface area contributed by atoms with E-state index >= 15 is 0 Å². The van der Waals surface area contributed by atoms with E-state index in [0.717, 1.165) is 35.5 Å². The van der Waals surface area contributed by atoms with Crippen LogP contribution in [-0.4, -0.2) is 22.3 Å². The van der Waals surface area contributed by atoms with Gasteiger partial charge in [-0.05, 0) is 48.2 Å². The molecule has 22 heavy (non-hydrogen) atoms. The third kappa shape index (κ3) is 3.37. The number of aromatic nitrogens is 1. The number of carbonyl (C=O) groups excluding carboxylic acids is 1. The Morgan fingerprint density at radius 3 is 2.82 bits per heavy atom. The summed E-state index contributed by atoms with van der Waals surface area (Å²) in [6.45, 7) is 0.795. The van der Waals surface area contributed by atoms with Crippen molar-refractivity contribution in [2.24, 2.45) is 0 Å². The first-order valence-electron chi connectivity index (χ1n) is 7.38. The van der Waals surface area contributed by atoms with Crippen LogP contribution in [0.4, 0.5) is 0 Å². The standard InChI is InChI=1S/C18H17ClN2O/c19-16-8-6-15(7-9-16)17-4-2-12-21(17)18(22)10-5-14-3-1-11-20-13-14/h1,3,5-11,13,17H,2,4,12H2/b10-5+. The van der Waals surface area contributed by atoms with Gasteiger partial charge in [0, 0.05) is 30.0 Å². The van der Waals surface area contributed by atoms with Gasteiger partial charge in [0.05, 0.1) is 6.04 Å². The lowest BCUT2D eigenvalue weighted by molar-refractivity contribution is -0.126. The van der Waals surface area contributed by atoms with Gasteiger partial charge in [-0.3, -0.25) is 9.78 Å². The number of carbonyl (C=O) groups is 1. The van der Waals surface area contributed by atoms with Gasteiger partial charge in [-0.25, -0.2) is 0 Å². The van der Waals surface area contributed by atoms with Gasteiger partial charge in [0.25, 0.3) is 0 Å². The predicted octanol–water partition coefficient (Wildman–Crippen LogP) is 4.11. The molecule has 112 valence electrons. The van der Waals surface area contributed by atoms with E-state index < -0.39 is 0 Å². The van der Waals surface area contributed by atoms with Crippen LogP contribution in [0.5, 0.6) is 0 Å². The van der Waals surface area contributed by atoms with Crippen molar-refractivity contribution >= 4 is 23.6 Å². The number of nitrogens with zero attached hydrogens (tertiary/aromatic N) is 2. The molecule has 1 fully saturated rings. The lowest BCUT2D eigenvalue weighted by Gasteiger charge is -2.24. The molecule has 1 unspecified atom stereocenters. The molecule has 4 heteroatoms. The average molecular weight is 313 g/mol. The molecule has 1 aliphatic heterocycles. The van der Waals surface area contributed by atoms with Gasteiger partial charge >= 0.3 is 0 Å². The molecule has 0 saturated carbocycles. The summed E-state index contributed by atoms with van der Waals surface area (Å²) in [6.07, 6.45) is 8.92.